The number of allylic oxidation sites excluding steroid dienone is 8. The van der Waals surface area contributed by atoms with Gasteiger partial charge < -0.3 is 105 Å². The summed E-state index contributed by atoms with van der Waals surface area (Å²) in [6.45, 7) is 42.1. The lowest BCUT2D eigenvalue weighted by molar-refractivity contribution is -0.265. The number of esters is 1. The van der Waals surface area contributed by atoms with Crippen LogP contribution in [-0.2, 0) is 100 Å². The number of hydrogen-bond acceptors (Lipinski definition) is 25. The zero-order chi connectivity index (χ0) is 114. The van der Waals surface area contributed by atoms with E-state index in [9.17, 15) is 87.5 Å². The van der Waals surface area contributed by atoms with E-state index in [1.165, 1.54) is 99.7 Å². The Morgan fingerprint density at radius 1 is 0.540 bits per heavy atom. The minimum absolute atomic E-state index is 0.0193. The van der Waals surface area contributed by atoms with Gasteiger partial charge >= 0.3 is 5.97 Å². The van der Waals surface area contributed by atoms with Gasteiger partial charge in [-0.15, -0.1) is 0 Å². The lowest BCUT2D eigenvalue weighted by Gasteiger charge is -2.42. The number of rotatable bonds is 21. The van der Waals surface area contributed by atoms with Gasteiger partial charge in [0, 0.05) is 108 Å². The number of fused-ring (bicyclic) bond motifs is 3. The number of piperidine rings is 1. The summed E-state index contributed by atoms with van der Waals surface area (Å²) >= 11 is 0. The third kappa shape index (κ3) is 37.4. The molecule has 3 saturated heterocycles. The molecule has 37 heteroatoms. The number of ketones is 3. The number of ether oxygens (including phenoxy) is 5. The minimum Gasteiger partial charge on any atom is -0.460 e. The van der Waals surface area contributed by atoms with Gasteiger partial charge in [0.25, 0.3) is 11.7 Å². The minimum atomic E-state index is -2.43. The summed E-state index contributed by atoms with van der Waals surface area (Å²) in [5, 5.41) is 56.9. The number of amides is 12. The fraction of sp³-hybridized carbons (Fsp3) is 0.770. The van der Waals surface area contributed by atoms with Crippen molar-refractivity contribution in [3.8, 4) is 0 Å². The maximum Gasteiger partial charge on any atom is 0.329 e. The summed E-state index contributed by atoms with van der Waals surface area (Å²) in [4.78, 5) is 240. The molecule has 37 nitrogen and oxygen atoms in total. The summed E-state index contributed by atoms with van der Waals surface area (Å²) in [5.74, 6) is -17.7. The summed E-state index contributed by atoms with van der Waals surface area (Å²) in [5.41, 5.74) is 1.27. The number of cyclic esters (lactones) is 1. The Kier molecular flexibility index (Phi) is 55.0. The number of methoxy groups -OCH3 is 3. The van der Waals surface area contributed by atoms with Crippen LogP contribution in [0.2, 0.25) is 0 Å². The van der Waals surface area contributed by atoms with E-state index in [1.54, 1.807) is 95.6 Å². The molecule has 2 bridgehead atoms. The number of nitrogens with one attached hydrogen (secondary N) is 4. The number of likely N-dealkylation sites (N-methyl/N-ethyl adjacent to an activating group) is 7. The average Bonchev–Trinajstić information content (AvgIpc) is 0.771. The largest absolute Gasteiger partial charge is 0.460 e. The monoisotopic (exact) mass is 2120 g/mol. The molecule has 12 amide bonds. The van der Waals surface area contributed by atoms with E-state index in [2.05, 4.69) is 21.3 Å². The molecule has 4 fully saturated rings. The van der Waals surface area contributed by atoms with Crippen molar-refractivity contribution < 1.29 is 121 Å². The molecule has 150 heavy (non-hydrogen) atoms. The fourth-order valence-electron chi connectivity index (χ4n) is 20.8. The zero-order valence-electron chi connectivity index (χ0n) is 96.7. The zero-order valence-corrected chi connectivity index (χ0v) is 96.7. The first kappa shape index (κ1) is 133. The second kappa shape index (κ2) is 62.1. The van der Waals surface area contributed by atoms with Gasteiger partial charge in [-0.3, -0.25) is 71.9 Å². The Labute approximate surface area is 894 Å². The van der Waals surface area contributed by atoms with E-state index in [-0.39, 0.29) is 111 Å². The van der Waals surface area contributed by atoms with Gasteiger partial charge in [0.1, 0.15) is 90.6 Å². The number of carbonyl (C=O) groups excluding carboxylic acids is 16. The maximum atomic E-state index is 15.1. The summed E-state index contributed by atoms with van der Waals surface area (Å²) in [6, 6.07) is -13.5. The van der Waals surface area contributed by atoms with Crippen LogP contribution in [0.4, 0.5) is 0 Å². The third-order valence-corrected chi connectivity index (χ3v) is 30.6. The number of nitrogens with zero attached hydrogens (tertiary/aromatic N) is 8. The molecule has 852 valence electrons. The molecule has 0 unspecified atom stereocenters. The number of Topliss-reactive ketones (excluding diaryl/α,β-unsaturated/α-hetero) is 3. The van der Waals surface area contributed by atoms with E-state index in [0.29, 0.717) is 69.8 Å². The van der Waals surface area contributed by atoms with Crippen LogP contribution in [0.1, 0.15) is 282 Å². The highest BCUT2D eigenvalue weighted by atomic mass is 16.6. The van der Waals surface area contributed by atoms with E-state index in [1.807, 2.05) is 120 Å². The van der Waals surface area contributed by atoms with E-state index < -0.39 is 240 Å². The Morgan fingerprint density at radius 3 is 1.63 bits per heavy atom. The molecule has 4 aliphatic heterocycles. The Hall–Kier alpha value is -9.50. The van der Waals surface area contributed by atoms with Gasteiger partial charge in [0.2, 0.25) is 70.8 Å². The van der Waals surface area contributed by atoms with Crippen molar-refractivity contribution in [3.63, 3.8) is 0 Å². The van der Waals surface area contributed by atoms with Crippen molar-refractivity contribution in [1.29, 1.82) is 0 Å². The Morgan fingerprint density at radius 2 is 1.09 bits per heavy atom. The van der Waals surface area contributed by atoms with Crippen molar-refractivity contribution >= 4 is 94.2 Å². The van der Waals surface area contributed by atoms with Crippen molar-refractivity contribution in [3.05, 3.63) is 59.8 Å². The molecule has 1 saturated carbocycles. The molecule has 5 aliphatic rings. The van der Waals surface area contributed by atoms with Crippen LogP contribution in [0.25, 0.3) is 0 Å². The van der Waals surface area contributed by atoms with E-state index in [4.69, 9.17) is 23.7 Å². The molecular weight excluding hydrogens is 1930 g/mol. The molecular formula is C113H190N12O25. The number of hydrogen-bond donors (Lipinski definition) is 8. The van der Waals surface area contributed by atoms with E-state index >= 15 is 9.59 Å². The number of aliphatic hydroxyl groups is 4. The molecule has 0 spiro atoms. The highest BCUT2D eigenvalue weighted by Crippen LogP contribution is 2.40. The normalized spacial score (nSPS) is 32.2. The Balaban J connectivity index is 0.000000645. The summed E-state index contributed by atoms with van der Waals surface area (Å²) in [7, 11) is 14.4. The molecule has 1 aliphatic carbocycles. The maximum absolute atomic E-state index is 15.1. The van der Waals surface area contributed by atoms with Crippen LogP contribution in [0.15, 0.2) is 59.8 Å². The van der Waals surface area contributed by atoms with Gasteiger partial charge in [0.05, 0.1) is 37.1 Å². The standard InChI is InChI=1S/C62H111N11O12.C51H79NO13/c1-25-27-28-40(15)52(75)51-56(79)65-43(26-2)58(81)67(18)33-48(74)68(19)44(29-34(3)4)55(78)66-49(38(11)12)61(84)69(20)45(30-35(5)6)54(77)63-41(16)53(76)64-42(17)57(80)70(21)46(31-36(7)8)59(82)71(22)47(32-37(9)10)60(83)72(23)50(39(13)14)62(85)73(51)24;1-30-16-12-11-13-17-31(2)42(61-8)28-38-21-19-36(7)51(60,65-38)48(57)49(58)52-23-15-14-18-39(52)50(59)64-43(33(4)26-37-20-22-40(53)44(27-37)62-9)29-41(54)32(3)25-35(6)46(56)47(63-10)45(55)34(5)24-30/h25,27,34-47,49-52,75H,26,28-33H2,1-24H3,(H,63,77)(H,64,76)(H,65,79)(H,66,78);11-13,16-17,25,30,32-34,36-40,42-44,46-47,53,56,60H,14-15,18-24,26-29H2,1-10H3/b27-25+;13-11?,16-12+,31-17?,35-25+/t40-,41+,42-,43+,44+,45+,46+,47+,49+,50+,51+,52-;30-,32-,33-,34-,36-,37+,38+,39+,40-,42+,43+,44-,46-,47+,51-/m11/s1. The number of carbonyl (C=O) groups is 16. The summed E-state index contributed by atoms with van der Waals surface area (Å²) < 4.78 is 29.4. The lowest BCUT2D eigenvalue weighted by atomic mass is 9.78. The highest BCUT2D eigenvalue weighted by molar-refractivity contribution is 6.39. The highest BCUT2D eigenvalue weighted by Gasteiger charge is 2.55. The average molecular weight is 2120 g/mol. The van der Waals surface area contributed by atoms with Crippen LogP contribution in [0.5, 0.6) is 0 Å². The SMILES string of the molecule is C/C=C/C[C@@H](C)[C@@H](O)[C@H]1C(=O)N[C@@H](CC)C(=O)N(C)CC(=O)N(C)[C@@H](CC(C)C)C(=O)N[C@@H](C(C)C)C(=O)N(C)[C@@H](CC(C)C)C(=O)N[C@@H](C)C(=O)N[C@H](C)C(=O)N(C)[C@@H](CC(C)C)C(=O)N(C)[C@@H](CC(C)C)C(=O)N(C)[C@@H](C(C)C)C(=O)N1C.CO[C@H]1C[C@@H]2CC[C@@H](C)[C@@](O)(O2)C(=O)C(=O)N2CCCC[C@H]2C(=O)O[C@H]([C@H](C)C[C@@H]2CC[C@@H](O)[C@H](OC)C2)CC(=O)[C@H](C)/C=C(\C)[C@@H](O)[C@@H](OC)C(=O)[C@H](C)C[C@H](C)/C=C/C=CC=C1C. The topological polar surface area (TPSA) is 474 Å². The van der Waals surface area contributed by atoms with E-state index in [0.717, 1.165) is 21.8 Å². The first-order chi connectivity index (χ1) is 70.0. The van der Waals surface area contributed by atoms with Crippen LogP contribution in [0.3, 0.4) is 0 Å². The molecule has 0 aromatic heterocycles. The fourth-order valence-corrected chi connectivity index (χ4v) is 20.8. The molecule has 0 aromatic carbocycles. The van der Waals surface area contributed by atoms with Crippen LogP contribution in [0, 0.1) is 76.9 Å². The lowest BCUT2D eigenvalue weighted by Crippen LogP contribution is -2.63. The first-order valence-electron chi connectivity index (χ1n) is 54.5. The smallest absolute Gasteiger partial charge is 0.329 e. The van der Waals surface area contributed by atoms with Crippen LogP contribution < -0.4 is 21.3 Å². The molecule has 4 heterocycles. The summed E-state index contributed by atoms with van der Waals surface area (Å²) in [6.07, 6.45) is 14.2. The van der Waals surface area contributed by atoms with Crippen molar-refractivity contribution in [2.24, 2.45) is 76.9 Å². The molecule has 5 rings (SSSR count). The van der Waals surface area contributed by atoms with Gasteiger partial charge in [0.15, 0.2) is 5.78 Å². The van der Waals surface area contributed by atoms with Gasteiger partial charge in [-0.2, -0.15) is 0 Å². The van der Waals surface area contributed by atoms with Crippen LogP contribution >= 0.6 is 0 Å². The second-order valence-electron chi connectivity index (χ2n) is 45.7. The van der Waals surface area contributed by atoms with Crippen LogP contribution in [-0.4, -0.2) is 359 Å². The van der Waals surface area contributed by atoms with Crippen molar-refractivity contribution in [2.75, 3.05) is 83.8 Å². The Bertz CT molecular complexity index is 4650. The first-order valence-corrected chi connectivity index (χ1v) is 54.5. The van der Waals surface area contributed by atoms with Gasteiger partial charge in [-0.1, -0.05) is 180 Å². The quantitative estimate of drug-likeness (QED) is 0.0301. The molecule has 0 aromatic rings. The third-order valence-electron chi connectivity index (χ3n) is 30.6. The molecule has 27 atom stereocenters. The molecule has 0 radical (unpaired) electrons. The van der Waals surface area contributed by atoms with Gasteiger partial charge in [-0.05, 0) is 208 Å². The predicted octanol–water partition coefficient (Wildman–Crippen LogP) is 9.45. The van der Waals surface area contributed by atoms with Crippen molar-refractivity contribution in [2.45, 2.75) is 403 Å². The number of aliphatic hydroxyl groups excluding tert-OH is 3. The molecule has 8 N–H and O–H groups in total. The van der Waals surface area contributed by atoms with Gasteiger partial charge in [-0.25, -0.2) is 4.79 Å². The predicted molar refractivity (Wildman–Crippen MR) is 574 cm³/mol. The van der Waals surface area contributed by atoms with Crippen molar-refractivity contribution in [1.82, 2.24) is 60.5 Å². The second-order valence-corrected chi connectivity index (χ2v) is 45.7.